The van der Waals surface area contributed by atoms with Gasteiger partial charge in [-0.3, -0.25) is 4.79 Å². The molecule has 0 saturated carbocycles. The zero-order valence-electron chi connectivity index (χ0n) is 11.2. The van der Waals surface area contributed by atoms with Gasteiger partial charge in [0, 0.05) is 24.0 Å². The van der Waals surface area contributed by atoms with Crippen molar-refractivity contribution in [2.24, 2.45) is 0 Å². The van der Waals surface area contributed by atoms with Crippen LogP contribution in [0.5, 0.6) is 0 Å². The maximum absolute atomic E-state index is 12.1. The van der Waals surface area contributed by atoms with Crippen molar-refractivity contribution in [2.75, 3.05) is 17.7 Å². The van der Waals surface area contributed by atoms with E-state index in [0.717, 1.165) is 11.4 Å². The Balaban J connectivity index is 2.22. The molecule has 5 heteroatoms. The fraction of sp³-hybridized carbons (Fsp3) is 0.214. The van der Waals surface area contributed by atoms with Crippen LogP contribution in [0.2, 0.25) is 0 Å². The van der Waals surface area contributed by atoms with E-state index in [4.69, 9.17) is 0 Å². The lowest BCUT2D eigenvalue weighted by Crippen LogP contribution is -2.14. The molecule has 19 heavy (non-hydrogen) atoms. The summed E-state index contributed by atoms with van der Waals surface area (Å²) in [5.74, 6) is 1.02. The number of pyridine rings is 2. The molecule has 5 nitrogen and oxygen atoms in total. The third kappa shape index (κ3) is 3.28. The molecule has 0 aliphatic carbocycles. The Kier molecular flexibility index (Phi) is 3.75. The fourth-order valence-electron chi connectivity index (χ4n) is 1.73. The Bertz CT molecular complexity index is 610. The van der Waals surface area contributed by atoms with Gasteiger partial charge in [0.1, 0.15) is 11.6 Å². The standard InChI is InChI=1S/C14H16N4O/c1-9-5-4-6-12(16-9)18-14(19)11-7-10(2)17-13(8-11)15-3/h4-8H,1-3H3,(H,15,17)(H,16,18,19). The van der Waals surface area contributed by atoms with Crippen LogP contribution in [0.25, 0.3) is 0 Å². The average Bonchev–Trinajstić information content (AvgIpc) is 2.38. The van der Waals surface area contributed by atoms with Crippen molar-refractivity contribution in [1.82, 2.24) is 9.97 Å². The third-order valence-corrected chi connectivity index (χ3v) is 2.60. The van der Waals surface area contributed by atoms with Crippen molar-refractivity contribution >= 4 is 17.5 Å². The van der Waals surface area contributed by atoms with Gasteiger partial charge in [-0.2, -0.15) is 0 Å². The van der Waals surface area contributed by atoms with Gasteiger partial charge in [0.25, 0.3) is 5.91 Å². The van der Waals surface area contributed by atoms with Gasteiger partial charge in [0.15, 0.2) is 0 Å². The number of hydrogen-bond acceptors (Lipinski definition) is 4. The first-order valence-electron chi connectivity index (χ1n) is 6.00. The summed E-state index contributed by atoms with van der Waals surface area (Å²) >= 11 is 0. The summed E-state index contributed by atoms with van der Waals surface area (Å²) in [7, 11) is 1.77. The van der Waals surface area contributed by atoms with Gasteiger partial charge in [-0.1, -0.05) is 6.07 Å². The number of carbonyl (C=O) groups excluding carboxylic acids is 1. The number of nitrogens with zero attached hydrogens (tertiary/aromatic N) is 2. The molecule has 0 atom stereocenters. The lowest BCUT2D eigenvalue weighted by atomic mass is 10.2. The predicted molar refractivity (Wildman–Crippen MR) is 75.4 cm³/mol. The second-order valence-electron chi connectivity index (χ2n) is 4.25. The number of aryl methyl sites for hydroxylation is 2. The Hall–Kier alpha value is -2.43. The molecule has 0 spiro atoms. The van der Waals surface area contributed by atoms with E-state index >= 15 is 0 Å². The van der Waals surface area contributed by atoms with Gasteiger partial charge in [0.05, 0.1) is 0 Å². The number of aromatic nitrogens is 2. The SMILES string of the molecule is CNc1cc(C(=O)Nc2cccc(C)n2)cc(C)n1. The Morgan fingerprint density at radius 3 is 2.47 bits per heavy atom. The lowest BCUT2D eigenvalue weighted by Gasteiger charge is -2.07. The van der Waals surface area contributed by atoms with E-state index in [9.17, 15) is 4.79 Å². The molecule has 0 aliphatic rings. The van der Waals surface area contributed by atoms with Gasteiger partial charge in [-0.15, -0.1) is 0 Å². The molecule has 2 rings (SSSR count). The molecule has 1 amide bonds. The first-order chi connectivity index (χ1) is 9.08. The molecule has 2 aromatic rings. The minimum absolute atomic E-state index is 0.194. The highest BCUT2D eigenvalue weighted by Gasteiger charge is 2.09. The summed E-state index contributed by atoms with van der Waals surface area (Å²) in [5.41, 5.74) is 2.20. The summed E-state index contributed by atoms with van der Waals surface area (Å²) in [4.78, 5) is 20.6. The van der Waals surface area contributed by atoms with Gasteiger partial charge in [-0.25, -0.2) is 9.97 Å². The maximum atomic E-state index is 12.1. The highest BCUT2D eigenvalue weighted by Crippen LogP contribution is 2.12. The number of rotatable bonds is 3. The molecule has 2 heterocycles. The van der Waals surface area contributed by atoms with Crippen LogP contribution < -0.4 is 10.6 Å². The lowest BCUT2D eigenvalue weighted by molar-refractivity contribution is 0.102. The van der Waals surface area contributed by atoms with Crippen LogP contribution in [0.4, 0.5) is 11.6 Å². The monoisotopic (exact) mass is 256 g/mol. The minimum Gasteiger partial charge on any atom is -0.373 e. The largest absolute Gasteiger partial charge is 0.373 e. The second-order valence-corrected chi connectivity index (χ2v) is 4.25. The van der Waals surface area contributed by atoms with Gasteiger partial charge in [0.2, 0.25) is 0 Å². The van der Waals surface area contributed by atoms with E-state index in [1.54, 1.807) is 25.2 Å². The average molecular weight is 256 g/mol. The van der Waals surface area contributed by atoms with Crippen LogP contribution in [0, 0.1) is 13.8 Å². The molecular formula is C14H16N4O. The van der Waals surface area contributed by atoms with Crippen LogP contribution >= 0.6 is 0 Å². The summed E-state index contributed by atoms with van der Waals surface area (Å²) in [6.07, 6.45) is 0. The van der Waals surface area contributed by atoms with Gasteiger partial charge >= 0.3 is 0 Å². The van der Waals surface area contributed by atoms with Crippen molar-refractivity contribution in [2.45, 2.75) is 13.8 Å². The van der Waals surface area contributed by atoms with Crippen molar-refractivity contribution in [1.29, 1.82) is 0 Å². The summed E-state index contributed by atoms with van der Waals surface area (Å²) in [5, 5.41) is 5.70. The van der Waals surface area contributed by atoms with E-state index in [0.29, 0.717) is 17.2 Å². The quantitative estimate of drug-likeness (QED) is 0.884. The maximum Gasteiger partial charge on any atom is 0.257 e. The molecule has 98 valence electrons. The Morgan fingerprint density at radius 1 is 1.05 bits per heavy atom. The summed E-state index contributed by atoms with van der Waals surface area (Å²) in [6.45, 7) is 3.73. The van der Waals surface area contributed by atoms with E-state index in [2.05, 4.69) is 20.6 Å². The van der Waals surface area contributed by atoms with Crippen LogP contribution in [0.15, 0.2) is 30.3 Å². The van der Waals surface area contributed by atoms with Crippen LogP contribution in [0.1, 0.15) is 21.7 Å². The van der Waals surface area contributed by atoms with Gasteiger partial charge in [-0.05, 0) is 38.1 Å². The first-order valence-corrected chi connectivity index (χ1v) is 6.00. The molecule has 0 unspecified atom stereocenters. The highest BCUT2D eigenvalue weighted by molar-refractivity contribution is 6.04. The summed E-state index contributed by atoms with van der Waals surface area (Å²) < 4.78 is 0. The van der Waals surface area contributed by atoms with Crippen molar-refractivity contribution in [3.05, 3.63) is 47.3 Å². The molecule has 0 radical (unpaired) electrons. The summed E-state index contributed by atoms with van der Waals surface area (Å²) in [6, 6.07) is 8.95. The predicted octanol–water partition coefficient (Wildman–Crippen LogP) is 2.39. The van der Waals surface area contributed by atoms with Crippen molar-refractivity contribution < 1.29 is 4.79 Å². The second kappa shape index (κ2) is 5.48. The van der Waals surface area contributed by atoms with E-state index in [-0.39, 0.29) is 5.91 Å². The molecule has 0 aliphatic heterocycles. The molecule has 0 saturated heterocycles. The molecule has 0 fully saturated rings. The third-order valence-electron chi connectivity index (χ3n) is 2.60. The van der Waals surface area contributed by atoms with E-state index in [1.165, 1.54) is 0 Å². The van der Waals surface area contributed by atoms with Crippen LogP contribution in [-0.2, 0) is 0 Å². The first kappa shape index (κ1) is 13.0. The fourth-order valence-corrected chi connectivity index (χ4v) is 1.73. The molecule has 0 aromatic carbocycles. The van der Waals surface area contributed by atoms with Crippen molar-refractivity contribution in [3.8, 4) is 0 Å². The van der Waals surface area contributed by atoms with E-state index in [1.807, 2.05) is 26.0 Å². The van der Waals surface area contributed by atoms with E-state index < -0.39 is 0 Å². The topological polar surface area (TPSA) is 66.9 Å². The zero-order chi connectivity index (χ0) is 13.8. The normalized spacial score (nSPS) is 10.1. The number of carbonyl (C=O) groups is 1. The van der Waals surface area contributed by atoms with Crippen molar-refractivity contribution in [3.63, 3.8) is 0 Å². The highest BCUT2D eigenvalue weighted by atomic mass is 16.1. The Labute approximate surface area is 112 Å². The molecule has 2 N–H and O–H groups in total. The van der Waals surface area contributed by atoms with Gasteiger partial charge < -0.3 is 10.6 Å². The number of anilines is 2. The molecular weight excluding hydrogens is 240 g/mol. The zero-order valence-corrected chi connectivity index (χ0v) is 11.2. The molecule has 2 aromatic heterocycles. The van der Waals surface area contributed by atoms with Crippen LogP contribution in [-0.4, -0.2) is 22.9 Å². The number of amides is 1. The number of nitrogens with one attached hydrogen (secondary N) is 2. The number of hydrogen-bond donors (Lipinski definition) is 2. The smallest absolute Gasteiger partial charge is 0.257 e. The van der Waals surface area contributed by atoms with Crippen LogP contribution in [0.3, 0.4) is 0 Å². The minimum atomic E-state index is -0.194. The molecule has 0 bridgehead atoms. The Morgan fingerprint density at radius 2 is 1.79 bits per heavy atom.